The van der Waals surface area contributed by atoms with E-state index in [1.165, 1.54) is 16.0 Å². The summed E-state index contributed by atoms with van der Waals surface area (Å²) in [5.74, 6) is -0.0988. The molecule has 1 aromatic carbocycles. The van der Waals surface area contributed by atoms with Gasteiger partial charge in [0.2, 0.25) is 5.91 Å². The second kappa shape index (κ2) is 8.71. The third kappa shape index (κ3) is 4.51. The monoisotopic (exact) mass is 396 g/mol. The Morgan fingerprint density at radius 3 is 2.64 bits per heavy atom. The van der Waals surface area contributed by atoms with Crippen molar-refractivity contribution in [2.45, 2.75) is 33.2 Å². The van der Waals surface area contributed by atoms with Crippen LogP contribution in [0.25, 0.3) is 11.0 Å². The Labute approximate surface area is 170 Å². The van der Waals surface area contributed by atoms with Crippen molar-refractivity contribution in [2.75, 3.05) is 20.6 Å². The van der Waals surface area contributed by atoms with E-state index in [4.69, 9.17) is 0 Å². The molecule has 0 saturated carbocycles. The van der Waals surface area contributed by atoms with Gasteiger partial charge in [-0.3, -0.25) is 9.20 Å². The van der Waals surface area contributed by atoms with Gasteiger partial charge in [-0.1, -0.05) is 31.2 Å². The Morgan fingerprint density at radius 2 is 2.00 bits per heavy atom. The van der Waals surface area contributed by atoms with Gasteiger partial charge < -0.3 is 10.2 Å². The predicted octanol–water partition coefficient (Wildman–Crippen LogP) is 4.01. The van der Waals surface area contributed by atoms with E-state index in [0.717, 1.165) is 22.8 Å². The molecule has 0 bridgehead atoms. The topological polar surface area (TPSA) is 49.6 Å². The highest BCUT2D eigenvalue weighted by atomic mass is 32.1. The number of amides is 1. The van der Waals surface area contributed by atoms with Crippen LogP contribution in [-0.2, 0) is 11.2 Å². The molecule has 148 valence electrons. The van der Waals surface area contributed by atoms with Gasteiger partial charge >= 0.3 is 0 Å². The molecule has 2 heterocycles. The summed E-state index contributed by atoms with van der Waals surface area (Å²) in [6.45, 7) is 6.73. The highest BCUT2D eigenvalue weighted by molar-refractivity contribution is 7.17. The van der Waals surface area contributed by atoms with Crippen molar-refractivity contribution in [2.24, 2.45) is 0 Å². The standard InChI is InChI=1S/C22H28N4OS/c1-6-17-7-9-18(10-8-17)20(25(4)5)13-23-21(27)12-11-19-16(3)24-22-26(19)14-15(2)28-22/h7-12,14,20H,6,13H2,1-5H3,(H,23,27)/b12-11+. The molecule has 28 heavy (non-hydrogen) atoms. The van der Waals surface area contributed by atoms with Crippen LogP contribution >= 0.6 is 11.3 Å². The maximum absolute atomic E-state index is 12.4. The first-order chi connectivity index (χ1) is 13.4. The van der Waals surface area contributed by atoms with Gasteiger partial charge in [0.25, 0.3) is 0 Å². The normalized spacial score (nSPS) is 12.9. The van der Waals surface area contributed by atoms with E-state index in [-0.39, 0.29) is 11.9 Å². The largest absolute Gasteiger partial charge is 0.351 e. The maximum Gasteiger partial charge on any atom is 0.244 e. The van der Waals surface area contributed by atoms with Crippen LogP contribution in [0.1, 0.15) is 40.4 Å². The van der Waals surface area contributed by atoms with Gasteiger partial charge in [-0.2, -0.15) is 0 Å². The van der Waals surface area contributed by atoms with Crippen molar-refractivity contribution in [3.8, 4) is 0 Å². The Morgan fingerprint density at radius 1 is 1.29 bits per heavy atom. The van der Waals surface area contributed by atoms with Crippen LogP contribution in [0.3, 0.4) is 0 Å². The highest BCUT2D eigenvalue weighted by Crippen LogP contribution is 2.22. The average molecular weight is 397 g/mol. The molecule has 5 nitrogen and oxygen atoms in total. The Hall–Kier alpha value is -2.44. The molecule has 0 fully saturated rings. The molecule has 0 spiro atoms. The van der Waals surface area contributed by atoms with E-state index in [2.05, 4.69) is 59.5 Å². The first-order valence-electron chi connectivity index (χ1n) is 9.55. The molecule has 1 amide bonds. The van der Waals surface area contributed by atoms with E-state index in [1.54, 1.807) is 17.4 Å². The van der Waals surface area contributed by atoms with Gasteiger partial charge in [0.05, 0.1) is 17.4 Å². The lowest BCUT2D eigenvalue weighted by Crippen LogP contribution is -2.33. The van der Waals surface area contributed by atoms with Crippen LogP contribution in [0.4, 0.5) is 0 Å². The molecule has 1 unspecified atom stereocenters. The fraction of sp³-hybridized carbons (Fsp3) is 0.364. The van der Waals surface area contributed by atoms with Gasteiger partial charge in [0.15, 0.2) is 4.96 Å². The summed E-state index contributed by atoms with van der Waals surface area (Å²) in [5.41, 5.74) is 4.40. The van der Waals surface area contributed by atoms with Crippen molar-refractivity contribution < 1.29 is 4.79 Å². The summed E-state index contributed by atoms with van der Waals surface area (Å²) in [6, 6.07) is 8.74. The molecule has 0 saturated heterocycles. The van der Waals surface area contributed by atoms with E-state index in [9.17, 15) is 4.79 Å². The summed E-state index contributed by atoms with van der Waals surface area (Å²) in [6.07, 6.45) is 6.52. The van der Waals surface area contributed by atoms with Gasteiger partial charge in [-0.15, -0.1) is 11.3 Å². The van der Waals surface area contributed by atoms with Crippen LogP contribution < -0.4 is 5.32 Å². The molecule has 2 aromatic heterocycles. The van der Waals surface area contributed by atoms with Crippen molar-refractivity contribution in [1.82, 2.24) is 19.6 Å². The van der Waals surface area contributed by atoms with E-state index < -0.39 is 0 Å². The molecule has 1 N–H and O–H groups in total. The third-order valence-electron chi connectivity index (χ3n) is 4.92. The minimum atomic E-state index is -0.0988. The zero-order valence-electron chi connectivity index (χ0n) is 17.2. The van der Waals surface area contributed by atoms with Crippen LogP contribution in [0.2, 0.25) is 0 Å². The molecule has 1 atom stereocenters. The van der Waals surface area contributed by atoms with Crippen molar-refractivity contribution in [1.29, 1.82) is 0 Å². The number of hydrogen-bond acceptors (Lipinski definition) is 4. The maximum atomic E-state index is 12.4. The number of imidazole rings is 1. The number of carbonyl (C=O) groups excluding carboxylic acids is 1. The Bertz CT molecular complexity index is 982. The van der Waals surface area contributed by atoms with Crippen LogP contribution in [-0.4, -0.2) is 40.8 Å². The highest BCUT2D eigenvalue weighted by Gasteiger charge is 2.15. The fourth-order valence-corrected chi connectivity index (χ4v) is 4.14. The summed E-state index contributed by atoms with van der Waals surface area (Å²) in [7, 11) is 4.07. The zero-order valence-corrected chi connectivity index (χ0v) is 18.0. The lowest BCUT2D eigenvalue weighted by Gasteiger charge is -2.25. The summed E-state index contributed by atoms with van der Waals surface area (Å²) >= 11 is 1.65. The average Bonchev–Trinajstić information content (AvgIpc) is 3.15. The van der Waals surface area contributed by atoms with Crippen LogP contribution in [0, 0.1) is 13.8 Å². The van der Waals surface area contributed by atoms with Crippen LogP contribution in [0.5, 0.6) is 0 Å². The number of hydrogen-bond donors (Lipinski definition) is 1. The number of thiazole rings is 1. The number of aromatic nitrogens is 2. The number of nitrogens with zero attached hydrogens (tertiary/aromatic N) is 3. The summed E-state index contributed by atoms with van der Waals surface area (Å²) in [4.78, 5) is 21.2. The first-order valence-corrected chi connectivity index (χ1v) is 10.4. The lowest BCUT2D eigenvalue weighted by atomic mass is 10.0. The molecular formula is C22H28N4OS. The number of benzene rings is 1. The smallest absolute Gasteiger partial charge is 0.244 e. The van der Waals surface area contributed by atoms with Crippen molar-refractivity contribution in [3.05, 3.63) is 63.9 Å². The van der Waals surface area contributed by atoms with E-state index in [0.29, 0.717) is 6.54 Å². The Kier molecular flexibility index (Phi) is 6.31. The van der Waals surface area contributed by atoms with Gasteiger partial charge in [-0.25, -0.2) is 4.98 Å². The Balaban J connectivity index is 1.67. The van der Waals surface area contributed by atoms with Gasteiger partial charge in [0, 0.05) is 23.7 Å². The van der Waals surface area contributed by atoms with Crippen molar-refractivity contribution in [3.63, 3.8) is 0 Å². The molecule has 0 aliphatic heterocycles. The van der Waals surface area contributed by atoms with Crippen LogP contribution in [0.15, 0.2) is 36.5 Å². The minimum absolute atomic E-state index is 0.0988. The van der Waals surface area contributed by atoms with Gasteiger partial charge in [-0.05, 0) is 51.6 Å². The zero-order chi connectivity index (χ0) is 20.3. The van der Waals surface area contributed by atoms with E-state index in [1.807, 2.05) is 31.5 Å². The number of rotatable bonds is 7. The lowest BCUT2D eigenvalue weighted by molar-refractivity contribution is -0.116. The number of likely N-dealkylation sites (N-methyl/N-ethyl adjacent to an activating group) is 1. The molecule has 0 aliphatic rings. The molecule has 3 aromatic rings. The fourth-order valence-electron chi connectivity index (χ4n) is 3.27. The SMILES string of the molecule is CCc1ccc(C(CNC(=O)/C=C/c2c(C)nc3sc(C)cn23)N(C)C)cc1. The second-order valence-electron chi connectivity index (χ2n) is 7.23. The molecule has 0 aliphatic carbocycles. The molecule has 6 heteroatoms. The van der Waals surface area contributed by atoms with Crippen molar-refractivity contribution >= 4 is 28.3 Å². The number of fused-ring (bicyclic) bond motifs is 1. The predicted molar refractivity (Wildman–Crippen MR) is 117 cm³/mol. The number of nitrogens with one attached hydrogen (secondary N) is 1. The summed E-state index contributed by atoms with van der Waals surface area (Å²) < 4.78 is 2.04. The molecular weight excluding hydrogens is 368 g/mol. The second-order valence-corrected chi connectivity index (χ2v) is 8.44. The molecule has 0 radical (unpaired) electrons. The summed E-state index contributed by atoms with van der Waals surface area (Å²) in [5, 5.41) is 3.03. The minimum Gasteiger partial charge on any atom is -0.351 e. The number of carbonyl (C=O) groups is 1. The van der Waals surface area contributed by atoms with Gasteiger partial charge in [0.1, 0.15) is 0 Å². The quantitative estimate of drug-likeness (QED) is 0.614. The van der Waals surface area contributed by atoms with E-state index >= 15 is 0 Å². The third-order valence-corrected chi connectivity index (χ3v) is 5.82. The number of aryl methyl sites for hydroxylation is 3. The first kappa shape index (κ1) is 20.3. The molecule has 3 rings (SSSR count).